The van der Waals surface area contributed by atoms with Crippen molar-refractivity contribution in [3.8, 4) is 0 Å². The third-order valence-corrected chi connectivity index (χ3v) is 2.70. The SMILES string of the molecule is COCC(C)Cn1nnc2cc(C(=O)O)ccc21. The van der Waals surface area contributed by atoms with Gasteiger partial charge in [0, 0.05) is 13.7 Å². The number of carboxylic acid groups (broad SMARTS) is 1. The van der Waals surface area contributed by atoms with Gasteiger partial charge in [0.25, 0.3) is 0 Å². The second kappa shape index (κ2) is 5.14. The number of rotatable bonds is 5. The van der Waals surface area contributed by atoms with Crippen LogP contribution in [0.3, 0.4) is 0 Å². The average Bonchev–Trinajstić information content (AvgIpc) is 2.72. The first-order valence-electron chi connectivity index (χ1n) is 5.67. The molecule has 1 aromatic carbocycles. The molecule has 0 saturated carbocycles. The third kappa shape index (κ3) is 2.48. The highest BCUT2D eigenvalue weighted by atomic mass is 16.5. The summed E-state index contributed by atoms with van der Waals surface area (Å²) in [5, 5.41) is 16.9. The Kier molecular flexibility index (Phi) is 3.57. The van der Waals surface area contributed by atoms with Crippen molar-refractivity contribution in [1.29, 1.82) is 0 Å². The lowest BCUT2D eigenvalue weighted by molar-refractivity contribution is 0.0697. The van der Waals surface area contributed by atoms with Crippen molar-refractivity contribution in [3.63, 3.8) is 0 Å². The predicted molar refractivity (Wildman–Crippen MR) is 65.5 cm³/mol. The van der Waals surface area contributed by atoms with Gasteiger partial charge in [0.2, 0.25) is 0 Å². The Bertz CT molecular complexity index is 565. The molecule has 0 aliphatic heterocycles. The zero-order chi connectivity index (χ0) is 13.1. The largest absolute Gasteiger partial charge is 0.478 e. The van der Waals surface area contributed by atoms with Gasteiger partial charge in [-0.3, -0.25) is 0 Å². The second-order valence-electron chi connectivity index (χ2n) is 4.34. The molecular weight excluding hydrogens is 234 g/mol. The van der Waals surface area contributed by atoms with Crippen molar-refractivity contribution in [1.82, 2.24) is 15.0 Å². The lowest BCUT2D eigenvalue weighted by atomic mass is 10.2. The van der Waals surface area contributed by atoms with Crippen molar-refractivity contribution in [2.45, 2.75) is 13.5 Å². The van der Waals surface area contributed by atoms with Gasteiger partial charge in [-0.05, 0) is 24.1 Å². The van der Waals surface area contributed by atoms with Crippen molar-refractivity contribution in [2.75, 3.05) is 13.7 Å². The van der Waals surface area contributed by atoms with Crippen molar-refractivity contribution in [3.05, 3.63) is 23.8 Å². The molecule has 2 aromatic rings. The molecule has 1 N–H and O–H groups in total. The molecular formula is C12H15N3O3. The Labute approximate surface area is 104 Å². The van der Waals surface area contributed by atoms with Gasteiger partial charge in [-0.15, -0.1) is 5.10 Å². The molecule has 0 aliphatic carbocycles. The number of fused-ring (bicyclic) bond motifs is 1. The monoisotopic (exact) mass is 249 g/mol. The molecule has 1 atom stereocenters. The van der Waals surface area contributed by atoms with Gasteiger partial charge < -0.3 is 9.84 Å². The maximum atomic E-state index is 10.8. The first-order chi connectivity index (χ1) is 8.61. The number of hydrogen-bond donors (Lipinski definition) is 1. The number of aromatic carboxylic acids is 1. The number of carbonyl (C=O) groups is 1. The molecule has 0 saturated heterocycles. The summed E-state index contributed by atoms with van der Waals surface area (Å²) in [4.78, 5) is 10.8. The van der Waals surface area contributed by atoms with Crippen LogP contribution >= 0.6 is 0 Å². The summed E-state index contributed by atoms with van der Waals surface area (Å²) in [7, 11) is 1.66. The molecule has 0 spiro atoms. The normalized spacial score (nSPS) is 12.8. The second-order valence-corrected chi connectivity index (χ2v) is 4.34. The fraction of sp³-hybridized carbons (Fsp3) is 0.417. The standard InChI is InChI=1S/C12H15N3O3/c1-8(7-18-2)6-15-11-4-3-9(12(16)17)5-10(11)13-14-15/h3-5,8H,6-7H2,1-2H3,(H,16,17). The fourth-order valence-electron chi connectivity index (χ4n) is 1.87. The topological polar surface area (TPSA) is 77.2 Å². The highest BCUT2D eigenvalue weighted by Crippen LogP contribution is 2.15. The number of ether oxygens (including phenoxy) is 1. The summed E-state index contributed by atoms with van der Waals surface area (Å²) >= 11 is 0. The number of carboxylic acids is 1. The minimum absolute atomic E-state index is 0.222. The molecule has 6 heteroatoms. The average molecular weight is 249 g/mol. The quantitative estimate of drug-likeness (QED) is 0.867. The van der Waals surface area contributed by atoms with Crippen molar-refractivity contribution >= 4 is 17.0 Å². The van der Waals surface area contributed by atoms with Gasteiger partial charge in [-0.1, -0.05) is 12.1 Å². The van der Waals surface area contributed by atoms with E-state index < -0.39 is 5.97 Å². The van der Waals surface area contributed by atoms with E-state index in [1.54, 1.807) is 23.9 Å². The third-order valence-electron chi connectivity index (χ3n) is 2.70. The molecule has 0 bridgehead atoms. The number of methoxy groups -OCH3 is 1. The summed E-state index contributed by atoms with van der Waals surface area (Å²) in [5.74, 6) is -0.641. The van der Waals surface area contributed by atoms with E-state index in [9.17, 15) is 4.79 Å². The lowest BCUT2D eigenvalue weighted by Gasteiger charge is -2.10. The van der Waals surface area contributed by atoms with Crippen molar-refractivity contribution in [2.24, 2.45) is 5.92 Å². The Morgan fingerprint density at radius 3 is 3.00 bits per heavy atom. The number of benzene rings is 1. The van der Waals surface area contributed by atoms with Gasteiger partial charge in [-0.25, -0.2) is 9.48 Å². The van der Waals surface area contributed by atoms with Crippen LogP contribution in [-0.4, -0.2) is 39.8 Å². The maximum Gasteiger partial charge on any atom is 0.335 e. The van der Waals surface area contributed by atoms with E-state index in [1.807, 2.05) is 0 Å². The highest BCUT2D eigenvalue weighted by molar-refractivity contribution is 5.92. The number of nitrogens with zero attached hydrogens (tertiary/aromatic N) is 3. The van der Waals surface area contributed by atoms with Gasteiger partial charge in [0.15, 0.2) is 0 Å². The minimum Gasteiger partial charge on any atom is -0.478 e. The van der Waals surface area contributed by atoms with Crippen LogP contribution in [0.2, 0.25) is 0 Å². The van der Waals surface area contributed by atoms with Crippen LogP contribution in [0.1, 0.15) is 17.3 Å². The highest BCUT2D eigenvalue weighted by Gasteiger charge is 2.11. The molecule has 1 aromatic heterocycles. The lowest BCUT2D eigenvalue weighted by Crippen LogP contribution is -2.13. The van der Waals surface area contributed by atoms with Crippen LogP contribution in [0.5, 0.6) is 0 Å². The minimum atomic E-state index is -0.959. The zero-order valence-electron chi connectivity index (χ0n) is 10.3. The molecule has 1 unspecified atom stereocenters. The zero-order valence-corrected chi connectivity index (χ0v) is 10.3. The number of aromatic nitrogens is 3. The predicted octanol–water partition coefficient (Wildman–Crippen LogP) is 1.41. The molecule has 0 radical (unpaired) electrons. The van der Waals surface area contributed by atoms with Crippen LogP contribution < -0.4 is 0 Å². The van der Waals surface area contributed by atoms with Gasteiger partial charge >= 0.3 is 5.97 Å². The van der Waals surface area contributed by atoms with Crippen LogP contribution in [0.4, 0.5) is 0 Å². The van der Waals surface area contributed by atoms with Gasteiger partial charge in [0.1, 0.15) is 5.52 Å². The van der Waals surface area contributed by atoms with Crippen molar-refractivity contribution < 1.29 is 14.6 Å². The summed E-state index contributed by atoms with van der Waals surface area (Å²) in [6.45, 7) is 3.40. The Balaban J connectivity index is 2.28. The van der Waals surface area contributed by atoms with E-state index in [4.69, 9.17) is 9.84 Å². The van der Waals surface area contributed by atoms with E-state index in [0.29, 0.717) is 24.6 Å². The van der Waals surface area contributed by atoms with Gasteiger partial charge in [0.05, 0.1) is 17.7 Å². The first kappa shape index (κ1) is 12.5. The summed E-state index contributed by atoms with van der Waals surface area (Å²) in [5.41, 5.74) is 1.65. The molecule has 1 heterocycles. The van der Waals surface area contributed by atoms with Crippen LogP contribution in [0.25, 0.3) is 11.0 Å². The van der Waals surface area contributed by atoms with Gasteiger partial charge in [-0.2, -0.15) is 0 Å². The molecule has 6 nitrogen and oxygen atoms in total. The van der Waals surface area contributed by atoms with Crippen LogP contribution in [0, 0.1) is 5.92 Å². The Hall–Kier alpha value is -1.95. The molecule has 2 rings (SSSR count). The molecule has 0 aliphatic rings. The molecule has 0 amide bonds. The van der Waals surface area contributed by atoms with E-state index >= 15 is 0 Å². The maximum absolute atomic E-state index is 10.8. The van der Waals surface area contributed by atoms with E-state index in [2.05, 4.69) is 17.2 Å². The summed E-state index contributed by atoms with van der Waals surface area (Å²) in [6.07, 6.45) is 0. The molecule has 96 valence electrons. The molecule has 18 heavy (non-hydrogen) atoms. The van der Waals surface area contributed by atoms with E-state index in [0.717, 1.165) is 5.52 Å². The first-order valence-corrected chi connectivity index (χ1v) is 5.67. The van der Waals surface area contributed by atoms with E-state index in [-0.39, 0.29) is 5.56 Å². The number of hydrogen-bond acceptors (Lipinski definition) is 4. The fourth-order valence-corrected chi connectivity index (χ4v) is 1.87. The molecule has 0 fully saturated rings. The van der Waals surface area contributed by atoms with E-state index in [1.165, 1.54) is 6.07 Å². The van der Waals surface area contributed by atoms with Crippen LogP contribution in [0.15, 0.2) is 18.2 Å². The summed E-state index contributed by atoms with van der Waals surface area (Å²) < 4.78 is 6.84. The summed E-state index contributed by atoms with van der Waals surface area (Å²) in [6, 6.07) is 4.83. The smallest absolute Gasteiger partial charge is 0.335 e. The Morgan fingerprint density at radius 2 is 2.33 bits per heavy atom. The van der Waals surface area contributed by atoms with Crippen LogP contribution in [-0.2, 0) is 11.3 Å². The Morgan fingerprint density at radius 1 is 1.56 bits per heavy atom.